The van der Waals surface area contributed by atoms with Gasteiger partial charge in [0.05, 0.1) is 5.56 Å². The average Bonchev–Trinajstić information content (AvgIpc) is 2.60. The summed E-state index contributed by atoms with van der Waals surface area (Å²) in [5.41, 5.74) is 2.05. The molecule has 1 aliphatic heterocycles. The first-order valence-electron chi connectivity index (χ1n) is 8.64. The number of H-pyrrole nitrogens is 1. The third-order valence-electron chi connectivity index (χ3n) is 4.70. The number of thioether (sulfide) groups is 1. The maximum atomic E-state index is 13.9. The molecule has 2 aromatic rings. The zero-order valence-corrected chi connectivity index (χ0v) is 15.1. The van der Waals surface area contributed by atoms with Crippen LogP contribution < -0.4 is 10.9 Å². The molecule has 134 valence electrons. The molecule has 2 N–H and O–H groups in total. The lowest BCUT2D eigenvalue weighted by atomic mass is 9.76. The van der Waals surface area contributed by atoms with Gasteiger partial charge in [-0.3, -0.25) is 9.59 Å². The van der Waals surface area contributed by atoms with Gasteiger partial charge < -0.3 is 10.3 Å². The maximum Gasteiger partial charge on any atom is 0.257 e. The maximum absolute atomic E-state index is 13.9. The predicted molar refractivity (Wildman–Crippen MR) is 99.0 cm³/mol. The van der Waals surface area contributed by atoms with Gasteiger partial charge in [-0.15, -0.1) is 0 Å². The molecule has 1 atom stereocenters. The zero-order valence-electron chi connectivity index (χ0n) is 14.3. The molecule has 0 bridgehead atoms. The molecular weight excluding hydrogens is 353 g/mol. The standard InChI is InChI=1S/C19H18FN3O2S/c1-2-26-19-22-17-16(18(25)23-19)14(10-5-3-6-11(20)9-10)15-12(21-17)7-4-8-13(15)24/h3,5-6,9,14H,2,4,7-8H2,1H3,(H2,21,22,23,25)/t14-/m1/s1. The van der Waals surface area contributed by atoms with Gasteiger partial charge in [0, 0.05) is 23.6 Å². The highest BCUT2D eigenvalue weighted by molar-refractivity contribution is 7.99. The van der Waals surface area contributed by atoms with Crippen LogP contribution in [-0.4, -0.2) is 21.5 Å². The Labute approximate surface area is 154 Å². The Balaban J connectivity index is 1.96. The zero-order chi connectivity index (χ0) is 18.3. The Morgan fingerprint density at radius 3 is 2.92 bits per heavy atom. The van der Waals surface area contributed by atoms with E-state index in [0.29, 0.717) is 34.1 Å². The smallest absolute Gasteiger partial charge is 0.257 e. The number of hydrogen-bond acceptors (Lipinski definition) is 5. The number of hydrogen-bond donors (Lipinski definition) is 2. The topological polar surface area (TPSA) is 74.8 Å². The fourth-order valence-corrected chi connectivity index (χ4v) is 4.26. The Bertz CT molecular complexity index is 983. The highest BCUT2D eigenvalue weighted by Crippen LogP contribution is 2.43. The first kappa shape index (κ1) is 17.0. The van der Waals surface area contributed by atoms with E-state index in [9.17, 15) is 14.0 Å². The van der Waals surface area contributed by atoms with Gasteiger partial charge in [-0.2, -0.15) is 0 Å². The molecule has 0 radical (unpaired) electrons. The van der Waals surface area contributed by atoms with Gasteiger partial charge >= 0.3 is 0 Å². The number of Topliss-reactive ketones (excluding diaryl/α,β-unsaturated/α-hetero) is 1. The van der Waals surface area contributed by atoms with Crippen molar-refractivity contribution in [3.63, 3.8) is 0 Å². The minimum Gasteiger partial charge on any atom is -0.343 e. The lowest BCUT2D eigenvalue weighted by Crippen LogP contribution is -2.32. The molecule has 5 nitrogen and oxygen atoms in total. The van der Waals surface area contributed by atoms with E-state index in [0.717, 1.165) is 24.3 Å². The molecule has 0 unspecified atom stereocenters. The minimum absolute atomic E-state index is 0.00470. The summed E-state index contributed by atoms with van der Waals surface area (Å²) in [7, 11) is 0. The molecule has 0 fully saturated rings. The Hall–Kier alpha value is -2.41. The normalized spacial score (nSPS) is 19.0. The summed E-state index contributed by atoms with van der Waals surface area (Å²) in [4.78, 5) is 32.8. The van der Waals surface area contributed by atoms with Crippen molar-refractivity contribution >= 4 is 23.4 Å². The van der Waals surface area contributed by atoms with E-state index in [1.54, 1.807) is 12.1 Å². The van der Waals surface area contributed by atoms with E-state index in [1.165, 1.54) is 23.9 Å². The van der Waals surface area contributed by atoms with Crippen LogP contribution in [0, 0.1) is 5.82 Å². The van der Waals surface area contributed by atoms with E-state index >= 15 is 0 Å². The van der Waals surface area contributed by atoms with E-state index in [2.05, 4.69) is 15.3 Å². The number of carbonyl (C=O) groups is 1. The number of benzene rings is 1. The number of allylic oxidation sites excluding steroid dienone is 2. The molecule has 4 rings (SSSR count). The van der Waals surface area contributed by atoms with Crippen molar-refractivity contribution < 1.29 is 9.18 Å². The largest absolute Gasteiger partial charge is 0.343 e. The Kier molecular flexibility index (Phi) is 4.40. The summed E-state index contributed by atoms with van der Waals surface area (Å²) in [6, 6.07) is 6.10. The number of rotatable bonds is 3. The SMILES string of the molecule is CCSc1nc2c(c(=O)[nH]1)[C@H](c1cccc(F)c1)C1=C(CCCC1=O)N2. The van der Waals surface area contributed by atoms with Crippen LogP contribution in [0.1, 0.15) is 43.2 Å². The lowest BCUT2D eigenvalue weighted by molar-refractivity contribution is -0.116. The Morgan fingerprint density at radius 2 is 2.15 bits per heavy atom. The molecule has 26 heavy (non-hydrogen) atoms. The van der Waals surface area contributed by atoms with Crippen LogP contribution in [-0.2, 0) is 4.79 Å². The van der Waals surface area contributed by atoms with E-state index in [-0.39, 0.29) is 11.3 Å². The lowest BCUT2D eigenvalue weighted by Gasteiger charge is -2.32. The van der Waals surface area contributed by atoms with E-state index < -0.39 is 11.7 Å². The first-order chi connectivity index (χ1) is 12.6. The van der Waals surface area contributed by atoms with Gasteiger partial charge in [0.1, 0.15) is 11.6 Å². The van der Waals surface area contributed by atoms with Crippen molar-refractivity contribution in [3.8, 4) is 0 Å². The van der Waals surface area contributed by atoms with Crippen molar-refractivity contribution in [3.05, 3.63) is 62.8 Å². The molecule has 0 spiro atoms. The van der Waals surface area contributed by atoms with Crippen LogP contribution in [0.5, 0.6) is 0 Å². The highest BCUT2D eigenvalue weighted by Gasteiger charge is 2.37. The predicted octanol–water partition coefficient (Wildman–Crippen LogP) is 3.59. The number of ketones is 1. The van der Waals surface area contributed by atoms with Crippen molar-refractivity contribution in [1.29, 1.82) is 0 Å². The fraction of sp³-hybridized carbons (Fsp3) is 0.316. The second-order valence-corrected chi connectivity index (χ2v) is 7.60. The van der Waals surface area contributed by atoms with Gasteiger partial charge in [0.25, 0.3) is 5.56 Å². The van der Waals surface area contributed by atoms with Crippen LogP contribution in [0.3, 0.4) is 0 Å². The average molecular weight is 371 g/mol. The summed E-state index contributed by atoms with van der Waals surface area (Å²) in [5, 5.41) is 3.74. The third kappa shape index (κ3) is 2.86. The highest BCUT2D eigenvalue weighted by atomic mass is 32.2. The van der Waals surface area contributed by atoms with E-state index in [1.807, 2.05) is 6.92 Å². The van der Waals surface area contributed by atoms with Crippen LogP contribution in [0.2, 0.25) is 0 Å². The van der Waals surface area contributed by atoms with Crippen LogP contribution in [0.4, 0.5) is 10.2 Å². The van der Waals surface area contributed by atoms with Gasteiger partial charge in [0.15, 0.2) is 10.9 Å². The summed E-state index contributed by atoms with van der Waals surface area (Å²) >= 11 is 1.44. The number of halogens is 1. The molecule has 0 saturated carbocycles. The third-order valence-corrected chi connectivity index (χ3v) is 5.45. The van der Waals surface area contributed by atoms with Crippen molar-refractivity contribution in [2.45, 2.75) is 37.3 Å². The fourth-order valence-electron chi connectivity index (χ4n) is 3.67. The quantitative estimate of drug-likeness (QED) is 0.637. The van der Waals surface area contributed by atoms with Gasteiger partial charge in [0.2, 0.25) is 0 Å². The van der Waals surface area contributed by atoms with Gasteiger partial charge in [-0.05, 0) is 36.3 Å². The summed E-state index contributed by atoms with van der Waals surface area (Å²) < 4.78 is 13.9. The molecule has 2 heterocycles. The second kappa shape index (κ2) is 6.72. The molecule has 0 saturated heterocycles. The summed E-state index contributed by atoms with van der Waals surface area (Å²) in [6.45, 7) is 1.98. The minimum atomic E-state index is -0.596. The molecule has 1 aromatic carbocycles. The number of fused-ring (bicyclic) bond motifs is 1. The van der Waals surface area contributed by atoms with Crippen LogP contribution in [0.15, 0.2) is 45.5 Å². The monoisotopic (exact) mass is 371 g/mol. The molecule has 1 aromatic heterocycles. The summed E-state index contributed by atoms with van der Waals surface area (Å²) in [6.07, 6.45) is 1.92. The van der Waals surface area contributed by atoms with Gasteiger partial charge in [-0.25, -0.2) is 9.37 Å². The first-order valence-corrected chi connectivity index (χ1v) is 9.62. The van der Waals surface area contributed by atoms with Crippen molar-refractivity contribution in [2.75, 3.05) is 11.1 Å². The number of nitrogens with zero attached hydrogens (tertiary/aromatic N) is 1. The molecule has 1 aliphatic carbocycles. The summed E-state index contributed by atoms with van der Waals surface area (Å²) in [5.74, 6) is 0.260. The molecule has 0 amide bonds. The number of aromatic nitrogens is 2. The van der Waals surface area contributed by atoms with Crippen LogP contribution >= 0.6 is 11.8 Å². The van der Waals surface area contributed by atoms with E-state index in [4.69, 9.17) is 0 Å². The van der Waals surface area contributed by atoms with Crippen molar-refractivity contribution in [1.82, 2.24) is 9.97 Å². The number of nitrogens with one attached hydrogen (secondary N) is 2. The molecule has 7 heteroatoms. The molecule has 2 aliphatic rings. The number of carbonyl (C=O) groups excluding carboxylic acids is 1. The number of aromatic amines is 1. The molecular formula is C19H18FN3O2S. The van der Waals surface area contributed by atoms with Gasteiger partial charge in [-0.1, -0.05) is 30.8 Å². The van der Waals surface area contributed by atoms with Crippen molar-refractivity contribution in [2.24, 2.45) is 0 Å². The Morgan fingerprint density at radius 1 is 1.31 bits per heavy atom. The van der Waals surface area contributed by atoms with Crippen LogP contribution in [0.25, 0.3) is 0 Å². The second-order valence-electron chi connectivity index (χ2n) is 6.35. The number of anilines is 1.